The van der Waals surface area contributed by atoms with Crippen LogP contribution in [0.3, 0.4) is 0 Å². The van der Waals surface area contributed by atoms with E-state index in [1.807, 2.05) is 12.1 Å². The fraction of sp³-hybridized carbons (Fsp3) is 0.647. The van der Waals surface area contributed by atoms with E-state index >= 15 is 0 Å². The molecule has 1 fully saturated rings. The topological polar surface area (TPSA) is 41.5 Å². The maximum atomic E-state index is 10.6. The first-order chi connectivity index (χ1) is 9.84. The van der Waals surface area contributed by atoms with E-state index in [4.69, 9.17) is 4.74 Å². The van der Waals surface area contributed by atoms with Crippen molar-refractivity contribution in [1.82, 2.24) is 5.32 Å². The summed E-state index contributed by atoms with van der Waals surface area (Å²) in [5.41, 5.74) is 1.02. The number of benzene rings is 1. The van der Waals surface area contributed by atoms with Gasteiger partial charge in [-0.1, -0.05) is 19.9 Å². The summed E-state index contributed by atoms with van der Waals surface area (Å²) in [4.78, 5) is 0. The van der Waals surface area contributed by atoms with Gasteiger partial charge in [0.15, 0.2) is 0 Å². The summed E-state index contributed by atoms with van der Waals surface area (Å²) in [6.07, 6.45) is 3.97. The first-order valence-electron chi connectivity index (χ1n) is 7.59. The quantitative estimate of drug-likeness (QED) is 0.841. The number of rotatable bonds is 5. The van der Waals surface area contributed by atoms with Crippen molar-refractivity contribution in [3.8, 4) is 5.75 Å². The zero-order chi connectivity index (χ0) is 15.5. The van der Waals surface area contributed by atoms with Gasteiger partial charge in [-0.2, -0.15) is 0 Å². The van der Waals surface area contributed by atoms with Crippen molar-refractivity contribution in [2.24, 2.45) is 5.41 Å². The van der Waals surface area contributed by atoms with E-state index in [0.29, 0.717) is 12.0 Å². The smallest absolute Gasteiger partial charge is 0.133 e. The molecule has 2 N–H and O–H groups in total. The zero-order valence-corrected chi connectivity index (χ0v) is 14.8. The lowest BCUT2D eigenvalue weighted by Crippen LogP contribution is -2.44. The molecule has 3 nitrogen and oxygen atoms in total. The molecular formula is C17H26BrNO2. The maximum absolute atomic E-state index is 10.6. The van der Waals surface area contributed by atoms with E-state index in [-0.39, 0.29) is 0 Å². The van der Waals surface area contributed by atoms with Gasteiger partial charge in [0.25, 0.3) is 0 Å². The van der Waals surface area contributed by atoms with Crippen LogP contribution in [0.4, 0.5) is 0 Å². The fourth-order valence-electron chi connectivity index (χ4n) is 2.83. The van der Waals surface area contributed by atoms with Crippen LogP contribution in [0.2, 0.25) is 0 Å². The molecule has 0 amide bonds. The number of hydrogen-bond donors (Lipinski definition) is 2. The van der Waals surface area contributed by atoms with Gasteiger partial charge in [0.1, 0.15) is 5.75 Å². The molecule has 118 valence electrons. The molecule has 0 aliphatic heterocycles. The molecular weight excluding hydrogens is 330 g/mol. The Kier molecular flexibility index (Phi) is 5.33. The number of ether oxygens (including phenoxy) is 1. The number of halogens is 1. The van der Waals surface area contributed by atoms with Gasteiger partial charge in [-0.15, -0.1) is 0 Å². The molecule has 0 atom stereocenters. The molecule has 0 saturated heterocycles. The molecule has 0 heterocycles. The van der Waals surface area contributed by atoms with E-state index in [0.717, 1.165) is 42.5 Å². The largest absolute Gasteiger partial charge is 0.496 e. The van der Waals surface area contributed by atoms with Crippen molar-refractivity contribution in [2.75, 3.05) is 13.7 Å². The van der Waals surface area contributed by atoms with Crippen molar-refractivity contribution >= 4 is 15.9 Å². The van der Waals surface area contributed by atoms with Crippen LogP contribution in [0.15, 0.2) is 22.7 Å². The second kappa shape index (κ2) is 6.67. The van der Waals surface area contributed by atoms with Gasteiger partial charge < -0.3 is 15.2 Å². The summed E-state index contributed by atoms with van der Waals surface area (Å²) in [7, 11) is 1.66. The molecule has 1 aliphatic carbocycles. The van der Waals surface area contributed by atoms with Crippen molar-refractivity contribution in [3.63, 3.8) is 0 Å². The molecule has 1 aromatic rings. The predicted molar refractivity (Wildman–Crippen MR) is 89.6 cm³/mol. The Labute approximate surface area is 136 Å². The SMILES string of the molecule is COc1ccc(CNCC2(O)CCC(C)(C)CC2)cc1Br. The molecule has 0 radical (unpaired) electrons. The van der Waals surface area contributed by atoms with E-state index in [1.54, 1.807) is 7.11 Å². The molecule has 21 heavy (non-hydrogen) atoms. The molecule has 1 aromatic carbocycles. The molecule has 2 rings (SSSR count). The van der Waals surface area contributed by atoms with Crippen molar-refractivity contribution in [1.29, 1.82) is 0 Å². The lowest BCUT2D eigenvalue weighted by molar-refractivity contribution is -0.0245. The van der Waals surface area contributed by atoms with E-state index in [1.165, 1.54) is 5.56 Å². The predicted octanol–water partition coefficient (Wildman–Crippen LogP) is 3.88. The Morgan fingerprint density at radius 1 is 1.24 bits per heavy atom. The highest BCUT2D eigenvalue weighted by Gasteiger charge is 2.36. The molecule has 0 bridgehead atoms. The molecule has 4 heteroatoms. The summed E-state index contributed by atoms with van der Waals surface area (Å²) in [5, 5.41) is 14.0. The van der Waals surface area contributed by atoms with Crippen LogP contribution in [-0.4, -0.2) is 24.4 Å². The first-order valence-corrected chi connectivity index (χ1v) is 8.38. The maximum Gasteiger partial charge on any atom is 0.133 e. The highest BCUT2D eigenvalue weighted by atomic mass is 79.9. The lowest BCUT2D eigenvalue weighted by Gasteiger charge is -2.40. The van der Waals surface area contributed by atoms with Crippen LogP contribution in [-0.2, 0) is 6.54 Å². The zero-order valence-electron chi connectivity index (χ0n) is 13.2. The van der Waals surface area contributed by atoms with Crippen LogP contribution in [0.5, 0.6) is 5.75 Å². The highest BCUT2D eigenvalue weighted by Crippen LogP contribution is 2.39. The standard InChI is InChI=1S/C17H26BrNO2/c1-16(2)6-8-17(20,9-7-16)12-19-11-13-4-5-15(21-3)14(18)10-13/h4-5,10,19-20H,6-9,11-12H2,1-3H3. The number of hydrogen-bond acceptors (Lipinski definition) is 3. The van der Waals surface area contributed by atoms with Gasteiger partial charge in [-0.05, 0) is 64.7 Å². The van der Waals surface area contributed by atoms with Crippen LogP contribution in [0.25, 0.3) is 0 Å². The Hall–Kier alpha value is -0.580. The van der Waals surface area contributed by atoms with Crippen LogP contribution in [0.1, 0.15) is 45.1 Å². The molecule has 1 saturated carbocycles. The van der Waals surface area contributed by atoms with E-state index < -0.39 is 5.60 Å². The minimum Gasteiger partial charge on any atom is -0.496 e. The molecule has 0 spiro atoms. The third-order valence-electron chi connectivity index (χ3n) is 4.53. The normalized spacial score (nSPS) is 20.2. The number of methoxy groups -OCH3 is 1. The molecule has 0 aromatic heterocycles. The fourth-order valence-corrected chi connectivity index (χ4v) is 3.42. The van der Waals surface area contributed by atoms with Crippen LogP contribution >= 0.6 is 15.9 Å². The first kappa shape index (κ1) is 16.8. The summed E-state index contributed by atoms with van der Waals surface area (Å²) in [6, 6.07) is 6.06. The minimum absolute atomic E-state index is 0.382. The number of nitrogens with one attached hydrogen (secondary N) is 1. The lowest BCUT2D eigenvalue weighted by atomic mass is 9.71. The average Bonchev–Trinajstić information content (AvgIpc) is 2.43. The third kappa shape index (κ3) is 4.70. The van der Waals surface area contributed by atoms with Gasteiger partial charge in [0, 0.05) is 13.1 Å². The van der Waals surface area contributed by atoms with Gasteiger partial charge in [0.05, 0.1) is 17.2 Å². The summed E-state index contributed by atoms with van der Waals surface area (Å²) in [6.45, 7) is 5.99. The Bertz CT molecular complexity index is 478. The summed E-state index contributed by atoms with van der Waals surface area (Å²) in [5.74, 6) is 0.840. The van der Waals surface area contributed by atoms with Gasteiger partial charge in [-0.25, -0.2) is 0 Å². The number of aliphatic hydroxyl groups is 1. The van der Waals surface area contributed by atoms with Gasteiger partial charge in [0.2, 0.25) is 0 Å². The minimum atomic E-state index is -0.542. The second-order valence-corrected chi connectivity index (χ2v) is 7.82. The highest BCUT2D eigenvalue weighted by molar-refractivity contribution is 9.10. The summed E-state index contributed by atoms with van der Waals surface area (Å²) >= 11 is 3.50. The van der Waals surface area contributed by atoms with Gasteiger partial charge in [-0.3, -0.25) is 0 Å². The van der Waals surface area contributed by atoms with Crippen molar-refractivity contribution in [3.05, 3.63) is 28.2 Å². The molecule has 0 unspecified atom stereocenters. The monoisotopic (exact) mass is 355 g/mol. The van der Waals surface area contributed by atoms with E-state index in [9.17, 15) is 5.11 Å². The Morgan fingerprint density at radius 2 is 1.90 bits per heavy atom. The van der Waals surface area contributed by atoms with Crippen molar-refractivity contribution < 1.29 is 9.84 Å². The van der Waals surface area contributed by atoms with Crippen molar-refractivity contribution in [2.45, 2.75) is 51.7 Å². The average molecular weight is 356 g/mol. The Balaban J connectivity index is 1.83. The second-order valence-electron chi connectivity index (χ2n) is 6.96. The third-order valence-corrected chi connectivity index (χ3v) is 5.15. The summed E-state index contributed by atoms with van der Waals surface area (Å²) < 4.78 is 6.19. The van der Waals surface area contributed by atoms with Gasteiger partial charge >= 0.3 is 0 Å². The molecule has 1 aliphatic rings. The Morgan fingerprint density at radius 3 is 2.48 bits per heavy atom. The van der Waals surface area contributed by atoms with Crippen LogP contribution < -0.4 is 10.1 Å². The van der Waals surface area contributed by atoms with E-state index in [2.05, 4.69) is 41.2 Å². The van der Waals surface area contributed by atoms with Crippen LogP contribution in [0, 0.1) is 5.41 Å².